The molecule has 2 aromatic heterocycles. The number of hydrogen-bond acceptors (Lipinski definition) is 4. The van der Waals surface area contributed by atoms with Crippen LogP contribution in [0.4, 0.5) is 20.3 Å². The Morgan fingerprint density at radius 3 is 2.93 bits per heavy atom. The number of aromatic nitrogens is 3. The van der Waals surface area contributed by atoms with Gasteiger partial charge in [0.25, 0.3) is 5.92 Å². The van der Waals surface area contributed by atoms with Crippen molar-refractivity contribution in [1.82, 2.24) is 20.1 Å². The van der Waals surface area contributed by atoms with Crippen LogP contribution >= 0.6 is 0 Å². The molecule has 0 saturated carbocycles. The van der Waals surface area contributed by atoms with Gasteiger partial charge in [-0.05, 0) is 41.5 Å². The summed E-state index contributed by atoms with van der Waals surface area (Å²) in [6.07, 6.45) is 2.14. The summed E-state index contributed by atoms with van der Waals surface area (Å²) >= 11 is 0. The Balaban J connectivity index is 1.46. The van der Waals surface area contributed by atoms with Gasteiger partial charge >= 0.3 is 0 Å². The van der Waals surface area contributed by atoms with Gasteiger partial charge in [-0.3, -0.25) is 10.1 Å². The molecule has 1 aliphatic heterocycles. The fraction of sp³-hybridized carbons (Fsp3) is 0.217. The van der Waals surface area contributed by atoms with Gasteiger partial charge < -0.3 is 10.2 Å². The summed E-state index contributed by atoms with van der Waals surface area (Å²) < 4.78 is 27.8. The Morgan fingerprint density at radius 2 is 2.07 bits per heavy atom. The number of pyridine rings is 1. The molecular weight excluding hydrogens is 384 g/mol. The average molecular weight is 405 g/mol. The molecule has 3 heterocycles. The zero-order chi connectivity index (χ0) is 20.7. The lowest BCUT2D eigenvalue weighted by Gasteiger charge is -2.35. The fourth-order valence-electron chi connectivity index (χ4n) is 4.06. The van der Waals surface area contributed by atoms with Crippen LogP contribution in [0.1, 0.15) is 18.4 Å². The van der Waals surface area contributed by atoms with E-state index in [1.807, 2.05) is 48.5 Å². The van der Waals surface area contributed by atoms with Gasteiger partial charge in [0, 0.05) is 36.1 Å². The van der Waals surface area contributed by atoms with Gasteiger partial charge in [0.05, 0.1) is 12.1 Å². The molecule has 2 aromatic carbocycles. The van der Waals surface area contributed by atoms with Gasteiger partial charge in [0.15, 0.2) is 5.82 Å². The monoisotopic (exact) mass is 405 g/mol. The van der Waals surface area contributed by atoms with E-state index in [1.165, 1.54) is 0 Å². The summed E-state index contributed by atoms with van der Waals surface area (Å²) in [6.45, 7) is 4.46. The quantitative estimate of drug-likeness (QED) is 0.467. The number of nitrogens with one attached hydrogen (secondary N) is 2. The van der Waals surface area contributed by atoms with Crippen molar-refractivity contribution in [3.63, 3.8) is 0 Å². The first-order valence-corrected chi connectivity index (χ1v) is 9.91. The predicted molar refractivity (Wildman–Crippen MR) is 116 cm³/mol. The van der Waals surface area contributed by atoms with Crippen LogP contribution in [-0.4, -0.2) is 39.1 Å². The number of rotatable bonds is 4. The first-order chi connectivity index (χ1) is 14.5. The molecule has 0 amide bonds. The molecule has 2 N–H and O–H groups in total. The Bertz CT molecular complexity index is 1250. The third-order valence-electron chi connectivity index (χ3n) is 5.55. The Hall–Kier alpha value is -3.48. The van der Waals surface area contributed by atoms with Crippen molar-refractivity contribution in [3.05, 3.63) is 66.9 Å². The maximum absolute atomic E-state index is 13.9. The van der Waals surface area contributed by atoms with E-state index in [2.05, 4.69) is 27.1 Å². The van der Waals surface area contributed by atoms with Crippen molar-refractivity contribution in [2.24, 2.45) is 0 Å². The number of halogens is 2. The summed E-state index contributed by atoms with van der Waals surface area (Å²) in [4.78, 5) is 6.07. The Morgan fingerprint density at radius 1 is 1.17 bits per heavy atom. The lowest BCUT2D eigenvalue weighted by atomic mass is 9.99. The van der Waals surface area contributed by atoms with Gasteiger partial charge in [-0.15, -0.1) is 0 Å². The molecule has 1 saturated heterocycles. The van der Waals surface area contributed by atoms with Crippen molar-refractivity contribution in [2.45, 2.75) is 18.8 Å². The molecule has 30 heavy (non-hydrogen) atoms. The number of aromatic amines is 1. The van der Waals surface area contributed by atoms with Gasteiger partial charge in [0.2, 0.25) is 0 Å². The standard InChI is InChI=1S/C23H21F2N5/c1-15(30-12-4-10-23(24,25)14-30)18-6-2-5-16-13-17(8-9-19(16)18)27-22-21-20(28-29-22)7-3-11-26-21/h2-3,5-9,11,13H,1,4,10,12,14H2,(H2,27,28,29). The second-order valence-corrected chi connectivity index (χ2v) is 7.67. The van der Waals surface area contributed by atoms with Gasteiger partial charge in [-0.1, -0.05) is 30.8 Å². The molecule has 0 aliphatic carbocycles. The van der Waals surface area contributed by atoms with Crippen LogP contribution in [0.3, 0.4) is 0 Å². The van der Waals surface area contributed by atoms with Crippen LogP contribution in [0, 0.1) is 0 Å². The van der Waals surface area contributed by atoms with Gasteiger partial charge in [-0.25, -0.2) is 8.78 Å². The van der Waals surface area contributed by atoms with E-state index in [1.54, 1.807) is 11.1 Å². The van der Waals surface area contributed by atoms with E-state index in [-0.39, 0.29) is 13.0 Å². The summed E-state index contributed by atoms with van der Waals surface area (Å²) in [6, 6.07) is 15.6. The van der Waals surface area contributed by atoms with Crippen molar-refractivity contribution in [3.8, 4) is 0 Å². The summed E-state index contributed by atoms with van der Waals surface area (Å²) in [5.74, 6) is -2.01. The Labute approximate surface area is 172 Å². The van der Waals surface area contributed by atoms with Crippen molar-refractivity contribution < 1.29 is 8.78 Å². The summed E-state index contributed by atoms with van der Waals surface area (Å²) in [5.41, 5.74) is 4.02. The lowest BCUT2D eigenvalue weighted by molar-refractivity contribution is -0.0490. The van der Waals surface area contributed by atoms with Crippen LogP contribution in [0.2, 0.25) is 0 Å². The van der Waals surface area contributed by atoms with Gasteiger partial charge in [0.1, 0.15) is 5.52 Å². The normalized spacial score (nSPS) is 16.1. The third-order valence-corrected chi connectivity index (χ3v) is 5.55. The second kappa shape index (κ2) is 7.09. The zero-order valence-corrected chi connectivity index (χ0v) is 16.3. The number of fused-ring (bicyclic) bond motifs is 2. The molecule has 0 atom stereocenters. The lowest BCUT2D eigenvalue weighted by Crippen LogP contribution is -2.41. The molecule has 5 nitrogen and oxygen atoms in total. The molecule has 4 aromatic rings. The number of alkyl halides is 2. The highest BCUT2D eigenvalue weighted by molar-refractivity contribution is 5.96. The highest BCUT2D eigenvalue weighted by atomic mass is 19.3. The van der Waals surface area contributed by atoms with Crippen LogP contribution < -0.4 is 5.32 Å². The maximum Gasteiger partial charge on any atom is 0.265 e. The summed E-state index contributed by atoms with van der Waals surface area (Å²) in [7, 11) is 0. The predicted octanol–water partition coefficient (Wildman–Crippen LogP) is 5.56. The minimum atomic E-state index is -2.66. The SMILES string of the molecule is C=C(c1cccc2cc(Nc3n[nH]c4cccnc34)ccc12)N1CCCC(F)(F)C1. The molecule has 0 radical (unpaired) electrons. The fourth-order valence-corrected chi connectivity index (χ4v) is 4.06. The molecular formula is C23H21F2N5. The number of H-pyrrole nitrogens is 1. The van der Waals surface area contributed by atoms with Crippen LogP contribution in [0.15, 0.2) is 61.3 Å². The minimum Gasteiger partial charge on any atom is -0.365 e. The molecule has 5 rings (SSSR count). The first-order valence-electron chi connectivity index (χ1n) is 9.91. The molecule has 0 bridgehead atoms. The average Bonchev–Trinajstić information content (AvgIpc) is 3.15. The van der Waals surface area contributed by atoms with E-state index < -0.39 is 5.92 Å². The minimum absolute atomic E-state index is 0.0575. The molecule has 0 spiro atoms. The second-order valence-electron chi connectivity index (χ2n) is 7.67. The molecule has 0 unspecified atom stereocenters. The largest absolute Gasteiger partial charge is 0.365 e. The van der Waals surface area contributed by atoms with Crippen LogP contribution in [-0.2, 0) is 0 Å². The topological polar surface area (TPSA) is 56.8 Å². The number of anilines is 2. The van der Waals surface area contributed by atoms with Crippen LogP contribution in [0.5, 0.6) is 0 Å². The smallest absolute Gasteiger partial charge is 0.265 e. The van der Waals surface area contributed by atoms with E-state index in [0.717, 1.165) is 33.1 Å². The van der Waals surface area contributed by atoms with Crippen LogP contribution in [0.25, 0.3) is 27.5 Å². The summed E-state index contributed by atoms with van der Waals surface area (Å²) in [5, 5.41) is 12.5. The Kier molecular flexibility index (Phi) is 4.38. The van der Waals surface area contributed by atoms with Crippen molar-refractivity contribution >= 4 is 39.0 Å². The van der Waals surface area contributed by atoms with Crippen molar-refractivity contribution in [2.75, 3.05) is 18.4 Å². The molecule has 7 heteroatoms. The number of benzene rings is 2. The number of piperidine rings is 1. The van der Waals surface area contributed by atoms with Crippen molar-refractivity contribution in [1.29, 1.82) is 0 Å². The van der Waals surface area contributed by atoms with E-state index in [9.17, 15) is 8.78 Å². The van der Waals surface area contributed by atoms with E-state index in [0.29, 0.717) is 24.5 Å². The van der Waals surface area contributed by atoms with Gasteiger partial charge in [-0.2, -0.15) is 5.10 Å². The first kappa shape index (κ1) is 18.5. The molecule has 152 valence electrons. The zero-order valence-electron chi connectivity index (χ0n) is 16.3. The number of nitrogens with zero attached hydrogens (tertiary/aromatic N) is 3. The molecule has 1 aliphatic rings. The highest BCUT2D eigenvalue weighted by Crippen LogP contribution is 2.34. The molecule has 1 fully saturated rings. The third kappa shape index (κ3) is 3.36. The number of hydrogen-bond donors (Lipinski definition) is 2. The highest BCUT2D eigenvalue weighted by Gasteiger charge is 2.35. The maximum atomic E-state index is 13.9. The van der Waals surface area contributed by atoms with E-state index in [4.69, 9.17) is 0 Å². The number of likely N-dealkylation sites (tertiary alicyclic amines) is 1. The van der Waals surface area contributed by atoms with E-state index >= 15 is 0 Å².